The fraction of sp³-hybridized carbons (Fsp3) is 0.467. The summed E-state index contributed by atoms with van der Waals surface area (Å²) in [7, 11) is 0. The number of aryl methyl sites for hydroxylation is 2. The van der Waals surface area contributed by atoms with E-state index in [9.17, 15) is 9.59 Å². The van der Waals surface area contributed by atoms with Gasteiger partial charge in [-0.2, -0.15) is 0 Å². The molecule has 0 atom stereocenters. The minimum absolute atomic E-state index is 0.208. The monoisotopic (exact) mass is 263 g/mol. The summed E-state index contributed by atoms with van der Waals surface area (Å²) in [5, 5.41) is 2.71. The summed E-state index contributed by atoms with van der Waals surface area (Å²) in [6.07, 6.45) is 0.552. The van der Waals surface area contributed by atoms with Crippen LogP contribution in [-0.2, 0) is 20.7 Å². The molecule has 1 aromatic carbocycles. The van der Waals surface area contributed by atoms with Crippen LogP contribution in [0.3, 0.4) is 0 Å². The van der Waals surface area contributed by atoms with E-state index in [1.54, 1.807) is 6.92 Å². The molecule has 0 saturated carbocycles. The highest BCUT2D eigenvalue weighted by Crippen LogP contribution is 2.09. The van der Waals surface area contributed by atoms with Crippen LogP contribution in [0.5, 0.6) is 0 Å². The molecule has 0 fully saturated rings. The zero-order valence-electron chi connectivity index (χ0n) is 11.8. The van der Waals surface area contributed by atoms with Crippen molar-refractivity contribution >= 4 is 11.9 Å². The first-order chi connectivity index (χ1) is 9.02. The third-order valence-electron chi connectivity index (χ3n) is 2.92. The summed E-state index contributed by atoms with van der Waals surface area (Å²) in [5.41, 5.74) is 3.69. The highest BCUT2D eigenvalue weighted by molar-refractivity contribution is 5.94. The van der Waals surface area contributed by atoms with Gasteiger partial charge in [-0.05, 0) is 43.9 Å². The van der Waals surface area contributed by atoms with Gasteiger partial charge in [0, 0.05) is 6.54 Å². The molecular formula is C15H21NO3. The molecule has 0 aromatic heterocycles. The molecule has 0 saturated heterocycles. The first-order valence-corrected chi connectivity index (χ1v) is 6.51. The third-order valence-corrected chi connectivity index (χ3v) is 2.92. The second kappa shape index (κ2) is 7.56. The smallest absolute Gasteiger partial charge is 0.315 e. The predicted octanol–water partition coefficient (Wildman–Crippen LogP) is 1.92. The summed E-state index contributed by atoms with van der Waals surface area (Å²) in [4.78, 5) is 22.5. The normalized spacial score (nSPS) is 10.1. The van der Waals surface area contributed by atoms with Crippen molar-refractivity contribution in [1.82, 2.24) is 5.32 Å². The van der Waals surface area contributed by atoms with Crippen LogP contribution in [0, 0.1) is 13.8 Å². The summed E-state index contributed by atoms with van der Waals surface area (Å²) in [5.74, 6) is -0.770. The van der Waals surface area contributed by atoms with E-state index in [-0.39, 0.29) is 12.3 Å². The molecule has 0 unspecified atom stereocenters. The van der Waals surface area contributed by atoms with E-state index in [0.29, 0.717) is 13.2 Å². The van der Waals surface area contributed by atoms with Gasteiger partial charge in [-0.15, -0.1) is 0 Å². The summed E-state index contributed by atoms with van der Waals surface area (Å²) < 4.78 is 4.71. The van der Waals surface area contributed by atoms with Crippen molar-refractivity contribution in [2.45, 2.75) is 33.6 Å². The number of esters is 1. The molecule has 0 bridgehead atoms. The van der Waals surface area contributed by atoms with Crippen molar-refractivity contribution in [1.29, 1.82) is 0 Å². The maximum Gasteiger partial charge on any atom is 0.315 e. The average Bonchev–Trinajstić information content (AvgIpc) is 2.34. The van der Waals surface area contributed by atoms with Crippen molar-refractivity contribution in [2.24, 2.45) is 0 Å². The lowest BCUT2D eigenvalue weighted by Crippen LogP contribution is -2.28. The summed E-state index contributed by atoms with van der Waals surface area (Å²) in [6, 6.07) is 6.25. The second-order valence-electron chi connectivity index (χ2n) is 4.50. The Hall–Kier alpha value is -1.84. The van der Waals surface area contributed by atoms with Crippen LogP contribution in [0.15, 0.2) is 18.2 Å². The molecular weight excluding hydrogens is 242 g/mol. The molecule has 0 heterocycles. The fourth-order valence-electron chi connectivity index (χ4n) is 1.71. The number of hydrogen-bond donors (Lipinski definition) is 1. The standard InChI is InChI=1S/C15H21NO3/c1-4-19-15(18)10-14(17)16-8-7-13-6-5-11(2)12(3)9-13/h5-6,9H,4,7-8,10H2,1-3H3,(H,16,17). The molecule has 4 nitrogen and oxygen atoms in total. The molecule has 0 aliphatic carbocycles. The lowest BCUT2D eigenvalue weighted by Gasteiger charge is -2.07. The lowest BCUT2D eigenvalue weighted by molar-refractivity contribution is -0.145. The molecule has 4 heteroatoms. The number of ether oxygens (including phenoxy) is 1. The van der Waals surface area contributed by atoms with Gasteiger partial charge in [0.25, 0.3) is 0 Å². The predicted molar refractivity (Wildman–Crippen MR) is 73.9 cm³/mol. The Labute approximate surface area is 114 Å². The highest BCUT2D eigenvalue weighted by Gasteiger charge is 2.09. The number of benzene rings is 1. The van der Waals surface area contributed by atoms with Crippen LogP contribution in [-0.4, -0.2) is 25.0 Å². The largest absolute Gasteiger partial charge is 0.466 e. The van der Waals surface area contributed by atoms with Gasteiger partial charge in [-0.3, -0.25) is 9.59 Å². The fourth-order valence-corrected chi connectivity index (χ4v) is 1.71. The number of nitrogens with one attached hydrogen (secondary N) is 1. The SMILES string of the molecule is CCOC(=O)CC(=O)NCCc1ccc(C)c(C)c1. The molecule has 0 spiro atoms. The Morgan fingerprint density at radius 3 is 2.58 bits per heavy atom. The van der Waals surface area contributed by atoms with E-state index in [1.807, 2.05) is 0 Å². The van der Waals surface area contributed by atoms with E-state index in [4.69, 9.17) is 4.74 Å². The van der Waals surface area contributed by atoms with Crippen LogP contribution in [0.2, 0.25) is 0 Å². The average molecular weight is 263 g/mol. The Balaban J connectivity index is 2.31. The molecule has 0 aliphatic heterocycles. The van der Waals surface area contributed by atoms with Crippen molar-refractivity contribution in [3.05, 3.63) is 34.9 Å². The number of rotatable bonds is 6. The van der Waals surface area contributed by atoms with Crippen molar-refractivity contribution in [3.63, 3.8) is 0 Å². The number of carbonyl (C=O) groups is 2. The maximum absolute atomic E-state index is 11.4. The molecule has 1 N–H and O–H groups in total. The van der Waals surface area contributed by atoms with Crippen molar-refractivity contribution in [3.8, 4) is 0 Å². The van der Waals surface area contributed by atoms with Gasteiger partial charge in [0.15, 0.2) is 0 Å². The van der Waals surface area contributed by atoms with Gasteiger partial charge < -0.3 is 10.1 Å². The first-order valence-electron chi connectivity index (χ1n) is 6.51. The lowest BCUT2D eigenvalue weighted by atomic mass is 10.0. The van der Waals surface area contributed by atoms with Crippen LogP contribution < -0.4 is 5.32 Å². The maximum atomic E-state index is 11.4. The van der Waals surface area contributed by atoms with E-state index in [1.165, 1.54) is 16.7 Å². The van der Waals surface area contributed by atoms with Crippen molar-refractivity contribution in [2.75, 3.05) is 13.2 Å². The van der Waals surface area contributed by atoms with Crippen LogP contribution >= 0.6 is 0 Å². The molecule has 19 heavy (non-hydrogen) atoms. The van der Waals surface area contributed by atoms with E-state index >= 15 is 0 Å². The minimum Gasteiger partial charge on any atom is -0.466 e. The second-order valence-corrected chi connectivity index (χ2v) is 4.50. The Kier molecular flexibility index (Phi) is 6.06. The molecule has 1 aromatic rings. The van der Waals surface area contributed by atoms with Crippen molar-refractivity contribution < 1.29 is 14.3 Å². The number of amides is 1. The Morgan fingerprint density at radius 1 is 1.21 bits per heavy atom. The topological polar surface area (TPSA) is 55.4 Å². The zero-order chi connectivity index (χ0) is 14.3. The van der Waals surface area contributed by atoms with Gasteiger partial charge in [-0.1, -0.05) is 18.2 Å². The van der Waals surface area contributed by atoms with Crippen LogP contribution in [0.1, 0.15) is 30.0 Å². The van der Waals surface area contributed by atoms with Gasteiger partial charge in [0.1, 0.15) is 6.42 Å². The number of hydrogen-bond acceptors (Lipinski definition) is 3. The quantitative estimate of drug-likeness (QED) is 0.630. The Bertz CT molecular complexity index is 455. The van der Waals surface area contributed by atoms with Crippen LogP contribution in [0.4, 0.5) is 0 Å². The molecule has 1 amide bonds. The highest BCUT2D eigenvalue weighted by atomic mass is 16.5. The molecule has 104 valence electrons. The minimum atomic E-state index is -0.480. The van der Waals surface area contributed by atoms with Gasteiger partial charge in [0.2, 0.25) is 5.91 Å². The van der Waals surface area contributed by atoms with E-state index in [2.05, 4.69) is 37.4 Å². The molecule has 1 rings (SSSR count). The first kappa shape index (κ1) is 15.2. The Morgan fingerprint density at radius 2 is 1.95 bits per heavy atom. The number of carbonyl (C=O) groups excluding carboxylic acids is 2. The van der Waals surface area contributed by atoms with E-state index in [0.717, 1.165) is 6.42 Å². The summed E-state index contributed by atoms with van der Waals surface area (Å²) >= 11 is 0. The third kappa shape index (κ3) is 5.55. The zero-order valence-corrected chi connectivity index (χ0v) is 11.8. The van der Waals surface area contributed by atoms with E-state index < -0.39 is 5.97 Å². The molecule has 0 aliphatic rings. The van der Waals surface area contributed by atoms with Gasteiger partial charge in [-0.25, -0.2) is 0 Å². The summed E-state index contributed by atoms with van der Waals surface area (Å²) in [6.45, 7) is 6.68. The molecule has 0 radical (unpaired) electrons. The van der Waals surface area contributed by atoms with Crippen LogP contribution in [0.25, 0.3) is 0 Å². The van der Waals surface area contributed by atoms with Gasteiger partial charge in [0.05, 0.1) is 6.61 Å². The van der Waals surface area contributed by atoms with Gasteiger partial charge >= 0.3 is 5.97 Å².